The van der Waals surface area contributed by atoms with Crippen LogP contribution in [0.25, 0.3) is 0 Å². The van der Waals surface area contributed by atoms with Crippen LogP contribution in [0.1, 0.15) is 18.9 Å². The molecule has 0 radical (unpaired) electrons. The van der Waals surface area contributed by atoms with E-state index in [1.165, 1.54) is 18.2 Å². The number of non-ortho nitro benzene ring substituents is 1. The van der Waals surface area contributed by atoms with Crippen LogP contribution in [0.2, 0.25) is 0 Å². The van der Waals surface area contributed by atoms with Crippen LogP contribution in [0.4, 0.5) is 5.69 Å². The predicted molar refractivity (Wildman–Crippen MR) is 75.1 cm³/mol. The van der Waals surface area contributed by atoms with E-state index in [1.807, 2.05) is 6.92 Å². The molecule has 2 N–H and O–H groups in total. The maximum Gasteiger partial charge on any atom is 0.269 e. The number of primary sulfonamides is 1. The predicted octanol–water partition coefficient (Wildman–Crippen LogP) is 1.60. The van der Waals surface area contributed by atoms with Gasteiger partial charge in [-0.1, -0.05) is 6.92 Å². The van der Waals surface area contributed by atoms with Gasteiger partial charge in [0.15, 0.2) is 0 Å². The summed E-state index contributed by atoms with van der Waals surface area (Å²) < 4.78 is 27.6. The minimum Gasteiger partial charge on any atom is -0.493 e. The van der Waals surface area contributed by atoms with Crippen LogP contribution < -0.4 is 9.88 Å². The van der Waals surface area contributed by atoms with Crippen LogP contribution in [0.5, 0.6) is 5.75 Å². The highest BCUT2D eigenvalue weighted by molar-refractivity contribution is 7.89. The molecule has 20 heavy (non-hydrogen) atoms. The second-order valence-electron chi connectivity index (χ2n) is 4.62. The van der Waals surface area contributed by atoms with Crippen molar-refractivity contribution in [3.8, 4) is 5.75 Å². The summed E-state index contributed by atoms with van der Waals surface area (Å²) in [5, 5.41) is 15.6. The first-order chi connectivity index (χ1) is 9.23. The van der Waals surface area contributed by atoms with Gasteiger partial charge in [-0.2, -0.15) is 0 Å². The second kappa shape index (κ2) is 6.67. The van der Waals surface area contributed by atoms with Gasteiger partial charge in [0.2, 0.25) is 10.0 Å². The molecule has 0 amide bonds. The Morgan fingerprint density at radius 3 is 2.55 bits per heavy atom. The zero-order valence-corrected chi connectivity index (χ0v) is 12.2. The largest absolute Gasteiger partial charge is 0.493 e. The first-order valence-electron chi connectivity index (χ1n) is 6.11. The van der Waals surface area contributed by atoms with Crippen molar-refractivity contribution >= 4 is 15.7 Å². The van der Waals surface area contributed by atoms with E-state index in [4.69, 9.17) is 9.88 Å². The summed E-state index contributed by atoms with van der Waals surface area (Å²) in [6.07, 6.45) is 0.614. The number of aryl methyl sites for hydroxylation is 1. The molecule has 0 heterocycles. The third-order valence-electron chi connectivity index (χ3n) is 2.89. The molecule has 1 atom stereocenters. The fourth-order valence-corrected chi connectivity index (χ4v) is 2.72. The van der Waals surface area contributed by atoms with Gasteiger partial charge in [-0.15, -0.1) is 0 Å². The second-order valence-corrected chi connectivity index (χ2v) is 6.28. The number of hydrogen-bond donors (Lipinski definition) is 1. The van der Waals surface area contributed by atoms with Crippen LogP contribution in [0, 0.1) is 23.0 Å². The standard InChI is InChI=1S/C12H18N2O5S/c1-3-10(8-20(13,17)18)7-19-12-5-4-11(14(15)16)6-9(12)2/h4-6,10H,3,7-8H2,1-2H3,(H2,13,17,18). The Balaban J connectivity index is 2.71. The van der Waals surface area contributed by atoms with E-state index in [9.17, 15) is 18.5 Å². The number of benzene rings is 1. The van der Waals surface area contributed by atoms with E-state index >= 15 is 0 Å². The molecule has 7 nitrogen and oxygen atoms in total. The highest BCUT2D eigenvalue weighted by Gasteiger charge is 2.16. The summed E-state index contributed by atoms with van der Waals surface area (Å²) in [7, 11) is -3.54. The minimum absolute atomic E-state index is 0.00794. The van der Waals surface area contributed by atoms with Crippen molar-refractivity contribution in [2.75, 3.05) is 12.4 Å². The average molecular weight is 302 g/mol. The summed E-state index contributed by atoms with van der Waals surface area (Å²) >= 11 is 0. The lowest BCUT2D eigenvalue weighted by Gasteiger charge is -2.15. The molecule has 8 heteroatoms. The Kier molecular flexibility index (Phi) is 5.46. The first-order valence-corrected chi connectivity index (χ1v) is 7.82. The van der Waals surface area contributed by atoms with E-state index in [2.05, 4.69) is 0 Å². The number of nitrogens with two attached hydrogens (primary N) is 1. The summed E-state index contributed by atoms with van der Waals surface area (Å²) in [5.41, 5.74) is 0.621. The van der Waals surface area contributed by atoms with Crippen molar-refractivity contribution in [2.45, 2.75) is 20.3 Å². The van der Waals surface area contributed by atoms with Crippen molar-refractivity contribution in [2.24, 2.45) is 11.1 Å². The lowest BCUT2D eigenvalue weighted by Crippen LogP contribution is -2.26. The van der Waals surface area contributed by atoms with Gasteiger partial charge in [0.25, 0.3) is 5.69 Å². The molecular weight excluding hydrogens is 284 g/mol. The molecule has 0 aliphatic heterocycles. The first kappa shape index (κ1) is 16.4. The monoisotopic (exact) mass is 302 g/mol. The van der Waals surface area contributed by atoms with Crippen LogP contribution in [0.3, 0.4) is 0 Å². The van der Waals surface area contributed by atoms with Gasteiger partial charge in [0, 0.05) is 18.1 Å². The fraction of sp³-hybridized carbons (Fsp3) is 0.500. The SMILES string of the molecule is CCC(COc1ccc([N+](=O)[O-])cc1C)CS(N)(=O)=O. The van der Waals surface area contributed by atoms with Gasteiger partial charge in [0.05, 0.1) is 17.3 Å². The van der Waals surface area contributed by atoms with Crippen molar-refractivity contribution in [3.05, 3.63) is 33.9 Å². The van der Waals surface area contributed by atoms with E-state index in [-0.39, 0.29) is 24.0 Å². The minimum atomic E-state index is -3.54. The normalized spacial score (nSPS) is 12.9. The van der Waals surface area contributed by atoms with Gasteiger partial charge in [-0.05, 0) is 25.0 Å². The number of nitro benzene ring substituents is 1. The van der Waals surface area contributed by atoms with E-state index in [0.29, 0.717) is 17.7 Å². The Morgan fingerprint density at radius 1 is 1.45 bits per heavy atom. The Morgan fingerprint density at radius 2 is 2.10 bits per heavy atom. The van der Waals surface area contributed by atoms with E-state index in [1.54, 1.807) is 6.92 Å². The Hall–Kier alpha value is -1.67. The Bertz CT molecular complexity index is 586. The number of rotatable bonds is 7. The fourth-order valence-electron chi connectivity index (χ4n) is 1.73. The smallest absolute Gasteiger partial charge is 0.269 e. The van der Waals surface area contributed by atoms with Crippen molar-refractivity contribution in [1.82, 2.24) is 0 Å². The quantitative estimate of drug-likeness (QED) is 0.607. The van der Waals surface area contributed by atoms with Crippen molar-refractivity contribution < 1.29 is 18.1 Å². The third-order valence-corrected chi connectivity index (χ3v) is 3.83. The molecule has 0 fully saturated rings. The molecule has 0 aliphatic rings. The number of nitro groups is 1. The zero-order valence-electron chi connectivity index (χ0n) is 11.4. The van der Waals surface area contributed by atoms with Crippen molar-refractivity contribution in [3.63, 3.8) is 0 Å². The van der Waals surface area contributed by atoms with E-state index < -0.39 is 14.9 Å². The number of hydrogen-bond acceptors (Lipinski definition) is 5. The lowest BCUT2D eigenvalue weighted by molar-refractivity contribution is -0.384. The number of ether oxygens (including phenoxy) is 1. The van der Waals surface area contributed by atoms with Crippen LogP contribution in [0.15, 0.2) is 18.2 Å². The van der Waals surface area contributed by atoms with Gasteiger partial charge >= 0.3 is 0 Å². The molecular formula is C12H18N2O5S. The van der Waals surface area contributed by atoms with Crippen LogP contribution in [-0.4, -0.2) is 25.7 Å². The summed E-state index contributed by atoms with van der Waals surface area (Å²) in [5.74, 6) is 0.151. The average Bonchev–Trinajstić information content (AvgIpc) is 2.34. The van der Waals surface area contributed by atoms with Gasteiger partial charge in [0.1, 0.15) is 5.75 Å². The summed E-state index contributed by atoms with van der Waals surface area (Å²) in [6.45, 7) is 3.75. The maximum atomic E-state index is 11.0. The highest BCUT2D eigenvalue weighted by Crippen LogP contribution is 2.24. The lowest BCUT2D eigenvalue weighted by atomic mass is 10.1. The maximum absolute atomic E-state index is 11.0. The third kappa shape index (κ3) is 5.14. The molecule has 0 saturated carbocycles. The molecule has 1 unspecified atom stereocenters. The molecule has 1 aromatic rings. The zero-order chi connectivity index (χ0) is 15.3. The van der Waals surface area contributed by atoms with Crippen LogP contribution in [-0.2, 0) is 10.0 Å². The number of sulfonamides is 1. The summed E-state index contributed by atoms with van der Waals surface area (Å²) in [4.78, 5) is 10.1. The molecule has 0 aliphatic carbocycles. The highest BCUT2D eigenvalue weighted by atomic mass is 32.2. The molecule has 1 aromatic carbocycles. The molecule has 0 bridgehead atoms. The van der Waals surface area contributed by atoms with Gasteiger partial charge in [-0.3, -0.25) is 10.1 Å². The molecule has 112 valence electrons. The van der Waals surface area contributed by atoms with Gasteiger partial charge < -0.3 is 4.74 Å². The molecule has 0 aromatic heterocycles. The van der Waals surface area contributed by atoms with E-state index in [0.717, 1.165) is 0 Å². The van der Waals surface area contributed by atoms with Crippen LogP contribution >= 0.6 is 0 Å². The summed E-state index contributed by atoms with van der Waals surface area (Å²) in [6, 6.07) is 4.27. The van der Waals surface area contributed by atoms with Crippen molar-refractivity contribution in [1.29, 1.82) is 0 Å². The van der Waals surface area contributed by atoms with Gasteiger partial charge in [-0.25, -0.2) is 13.6 Å². The topological polar surface area (TPSA) is 113 Å². The number of nitrogens with zero attached hydrogens (tertiary/aromatic N) is 1. The molecule has 1 rings (SSSR count). The molecule has 0 saturated heterocycles. The molecule has 0 spiro atoms. The Labute approximate surface area is 117 Å².